The molecule has 6 heteroatoms. The van der Waals surface area contributed by atoms with E-state index in [0.717, 1.165) is 30.4 Å². The normalized spacial score (nSPS) is 10.9. The SMILES string of the molecule is Cn1cnnc1CCNCc1cc(Cl)cs1. The smallest absolute Gasteiger partial charge is 0.133 e. The van der Waals surface area contributed by atoms with Gasteiger partial charge in [-0.2, -0.15) is 0 Å². The van der Waals surface area contributed by atoms with Crippen LogP contribution in [-0.4, -0.2) is 21.3 Å². The van der Waals surface area contributed by atoms with E-state index in [0.29, 0.717) is 0 Å². The molecular formula is C10H13ClN4S. The van der Waals surface area contributed by atoms with E-state index in [1.807, 2.05) is 23.1 Å². The molecule has 0 unspecified atom stereocenters. The molecular weight excluding hydrogens is 244 g/mol. The van der Waals surface area contributed by atoms with Crippen molar-refractivity contribution >= 4 is 22.9 Å². The van der Waals surface area contributed by atoms with Gasteiger partial charge in [-0.05, 0) is 6.07 Å². The Morgan fingerprint density at radius 2 is 2.44 bits per heavy atom. The van der Waals surface area contributed by atoms with Gasteiger partial charge in [-0.15, -0.1) is 21.5 Å². The number of hydrogen-bond donors (Lipinski definition) is 1. The fourth-order valence-corrected chi connectivity index (χ4v) is 2.43. The highest BCUT2D eigenvalue weighted by molar-refractivity contribution is 7.10. The van der Waals surface area contributed by atoms with Crippen molar-refractivity contribution in [2.45, 2.75) is 13.0 Å². The molecule has 2 aromatic rings. The number of aryl methyl sites for hydroxylation is 1. The number of nitrogens with zero attached hydrogens (tertiary/aromatic N) is 3. The monoisotopic (exact) mass is 256 g/mol. The predicted molar refractivity (Wildman–Crippen MR) is 65.7 cm³/mol. The highest BCUT2D eigenvalue weighted by atomic mass is 35.5. The quantitative estimate of drug-likeness (QED) is 0.831. The third-order valence-corrected chi connectivity index (χ3v) is 3.54. The number of rotatable bonds is 5. The van der Waals surface area contributed by atoms with Crippen LogP contribution >= 0.6 is 22.9 Å². The average Bonchev–Trinajstić information content (AvgIpc) is 2.83. The maximum Gasteiger partial charge on any atom is 0.133 e. The van der Waals surface area contributed by atoms with E-state index in [1.54, 1.807) is 17.7 Å². The number of hydrogen-bond acceptors (Lipinski definition) is 4. The predicted octanol–water partition coefficient (Wildman–Crippen LogP) is 1.86. The van der Waals surface area contributed by atoms with Crippen LogP contribution in [0, 0.1) is 0 Å². The molecule has 86 valence electrons. The molecule has 2 aromatic heterocycles. The van der Waals surface area contributed by atoms with Crippen molar-refractivity contribution in [3.05, 3.63) is 33.5 Å². The molecule has 2 rings (SSSR count). The Balaban J connectivity index is 1.71. The Hall–Kier alpha value is -0.910. The molecule has 0 fully saturated rings. The minimum absolute atomic E-state index is 0.815. The van der Waals surface area contributed by atoms with E-state index >= 15 is 0 Å². The van der Waals surface area contributed by atoms with Crippen molar-refractivity contribution < 1.29 is 0 Å². The molecule has 0 saturated heterocycles. The van der Waals surface area contributed by atoms with Gasteiger partial charge in [0, 0.05) is 36.8 Å². The van der Waals surface area contributed by atoms with Crippen LogP contribution in [0.4, 0.5) is 0 Å². The Kier molecular flexibility index (Phi) is 3.93. The van der Waals surface area contributed by atoms with Gasteiger partial charge in [0.15, 0.2) is 0 Å². The molecule has 0 aromatic carbocycles. The van der Waals surface area contributed by atoms with Crippen molar-refractivity contribution in [3.8, 4) is 0 Å². The minimum Gasteiger partial charge on any atom is -0.321 e. The maximum atomic E-state index is 5.84. The zero-order valence-electron chi connectivity index (χ0n) is 8.98. The third kappa shape index (κ3) is 3.04. The van der Waals surface area contributed by atoms with E-state index in [1.165, 1.54) is 4.88 Å². The number of nitrogens with one attached hydrogen (secondary N) is 1. The van der Waals surface area contributed by atoms with Crippen LogP contribution < -0.4 is 5.32 Å². The molecule has 0 amide bonds. The summed E-state index contributed by atoms with van der Waals surface area (Å²) < 4.78 is 1.93. The van der Waals surface area contributed by atoms with Crippen LogP contribution in [0.1, 0.15) is 10.7 Å². The topological polar surface area (TPSA) is 42.7 Å². The lowest BCUT2D eigenvalue weighted by atomic mass is 10.4. The molecule has 16 heavy (non-hydrogen) atoms. The molecule has 0 spiro atoms. The van der Waals surface area contributed by atoms with Crippen molar-refractivity contribution in [3.63, 3.8) is 0 Å². The van der Waals surface area contributed by atoms with Gasteiger partial charge in [0.1, 0.15) is 12.2 Å². The Morgan fingerprint density at radius 1 is 1.56 bits per heavy atom. The summed E-state index contributed by atoms with van der Waals surface area (Å²) in [7, 11) is 1.95. The zero-order chi connectivity index (χ0) is 11.4. The number of thiophene rings is 1. The molecule has 4 nitrogen and oxygen atoms in total. The zero-order valence-corrected chi connectivity index (χ0v) is 10.6. The molecule has 0 atom stereocenters. The lowest BCUT2D eigenvalue weighted by Crippen LogP contribution is -2.17. The number of aromatic nitrogens is 3. The molecule has 0 radical (unpaired) electrons. The first kappa shape index (κ1) is 11.6. The van der Waals surface area contributed by atoms with Gasteiger partial charge in [-0.3, -0.25) is 0 Å². The van der Waals surface area contributed by atoms with E-state index in [2.05, 4.69) is 15.5 Å². The van der Waals surface area contributed by atoms with Gasteiger partial charge in [0.2, 0.25) is 0 Å². The van der Waals surface area contributed by atoms with Gasteiger partial charge < -0.3 is 9.88 Å². The molecule has 0 saturated carbocycles. The summed E-state index contributed by atoms with van der Waals surface area (Å²) in [6.45, 7) is 1.75. The third-order valence-electron chi connectivity index (χ3n) is 2.25. The fourth-order valence-electron chi connectivity index (χ4n) is 1.39. The summed E-state index contributed by atoms with van der Waals surface area (Å²) >= 11 is 7.51. The van der Waals surface area contributed by atoms with Crippen molar-refractivity contribution in [1.82, 2.24) is 20.1 Å². The van der Waals surface area contributed by atoms with Gasteiger partial charge in [0.25, 0.3) is 0 Å². The summed E-state index contributed by atoms with van der Waals surface area (Å²) in [5.74, 6) is 0.997. The van der Waals surface area contributed by atoms with E-state index < -0.39 is 0 Å². The Bertz CT molecular complexity index is 451. The number of halogens is 1. The summed E-state index contributed by atoms with van der Waals surface area (Å²) in [6, 6.07) is 1.99. The van der Waals surface area contributed by atoms with E-state index in [9.17, 15) is 0 Å². The van der Waals surface area contributed by atoms with Gasteiger partial charge in [0.05, 0.1) is 5.02 Å². The lowest BCUT2D eigenvalue weighted by Gasteiger charge is -2.02. The van der Waals surface area contributed by atoms with Crippen LogP contribution in [0.15, 0.2) is 17.8 Å². The second-order valence-electron chi connectivity index (χ2n) is 3.52. The largest absolute Gasteiger partial charge is 0.321 e. The molecule has 0 bridgehead atoms. The summed E-state index contributed by atoms with van der Waals surface area (Å²) in [4.78, 5) is 1.25. The standard InChI is InChI=1S/C10H13ClN4S/c1-15-7-13-14-10(15)2-3-12-5-9-4-8(11)6-16-9/h4,6-7,12H,2-3,5H2,1H3. The second kappa shape index (κ2) is 5.43. The lowest BCUT2D eigenvalue weighted by molar-refractivity contribution is 0.658. The minimum atomic E-state index is 0.815. The van der Waals surface area contributed by atoms with Crippen LogP contribution in [0.3, 0.4) is 0 Å². The Labute approximate surface area is 103 Å². The first-order chi connectivity index (χ1) is 7.75. The summed E-state index contributed by atoms with van der Waals surface area (Å²) in [5, 5.41) is 14.0. The van der Waals surface area contributed by atoms with Gasteiger partial charge in [-0.25, -0.2) is 0 Å². The molecule has 0 aliphatic heterocycles. The van der Waals surface area contributed by atoms with Gasteiger partial charge >= 0.3 is 0 Å². The van der Waals surface area contributed by atoms with E-state index in [-0.39, 0.29) is 0 Å². The van der Waals surface area contributed by atoms with Gasteiger partial charge in [-0.1, -0.05) is 11.6 Å². The molecule has 0 aliphatic rings. The summed E-state index contributed by atoms with van der Waals surface area (Å²) in [5.41, 5.74) is 0. The molecule has 1 N–H and O–H groups in total. The first-order valence-corrected chi connectivity index (χ1v) is 6.28. The Morgan fingerprint density at radius 3 is 3.06 bits per heavy atom. The van der Waals surface area contributed by atoms with Crippen LogP contribution in [0.25, 0.3) is 0 Å². The van der Waals surface area contributed by atoms with Crippen LogP contribution in [0.2, 0.25) is 5.02 Å². The molecule has 0 aliphatic carbocycles. The van der Waals surface area contributed by atoms with Crippen LogP contribution in [0.5, 0.6) is 0 Å². The van der Waals surface area contributed by atoms with E-state index in [4.69, 9.17) is 11.6 Å². The van der Waals surface area contributed by atoms with Crippen molar-refractivity contribution in [1.29, 1.82) is 0 Å². The van der Waals surface area contributed by atoms with Crippen molar-refractivity contribution in [2.24, 2.45) is 7.05 Å². The second-order valence-corrected chi connectivity index (χ2v) is 4.95. The highest BCUT2D eigenvalue weighted by Gasteiger charge is 2.00. The maximum absolute atomic E-state index is 5.84. The molecule has 2 heterocycles. The van der Waals surface area contributed by atoms with Crippen LogP contribution in [-0.2, 0) is 20.0 Å². The average molecular weight is 257 g/mol. The fraction of sp³-hybridized carbons (Fsp3) is 0.400. The summed E-state index contributed by atoms with van der Waals surface area (Å²) in [6.07, 6.45) is 2.60. The van der Waals surface area contributed by atoms with Crippen molar-refractivity contribution in [2.75, 3.05) is 6.54 Å². The first-order valence-electron chi connectivity index (χ1n) is 5.02. The highest BCUT2D eigenvalue weighted by Crippen LogP contribution is 2.18.